The average Bonchev–Trinajstić information content (AvgIpc) is 2.76. The highest BCUT2D eigenvalue weighted by molar-refractivity contribution is 6.22. The van der Waals surface area contributed by atoms with Gasteiger partial charge >= 0.3 is 5.97 Å². The molecule has 0 saturated carbocycles. The van der Waals surface area contributed by atoms with E-state index in [1.165, 1.54) is 12.1 Å². The molecule has 0 radical (unpaired) electrons. The van der Waals surface area contributed by atoms with E-state index in [2.05, 4.69) is 6.58 Å². The molecule has 0 saturated heterocycles. The molecule has 1 aromatic rings. The first kappa shape index (κ1) is 15.9. The maximum Gasteiger partial charge on any atom is 0.326 e. The van der Waals surface area contributed by atoms with Gasteiger partial charge in [-0.2, -0.15) is 0 Å². The summed E-state index contributed by atoms with van der Waals surface area (Å²) in [5, 5.41) is 9.35. The predicted octanol–water partition coefficient (Wildman–Crippen LogP) is 1.72. The number of carboxylic acid groups (broad SMARTS) is 1. The van der Waals surface area contributed by atoms with Crippen LogP contribution in [-0.2, 0) is 9.53 Å². The molecule has 1 heterocycles. The number of nitrogens with zero attached hydrogens (tertiary/aromatic N) is 1. The summed E-state index contributed by atoms with van der Waals surface area (Å²) in [7, 11) is 0. The summed E-state index contributed by atoms with van der Waals surface area (Å²) in [6, 6.07) is 5.17. The number of aliphatic carboxylic acids is 1. The van der Waals surface area contributed by atoms with E-state index in [1.807, 2.05) is 0 Å². The molecule has 0 aliphatic carbocycles. The third-order valence-electron chi connectivity index (χ3n) is 3.42. The lowest BCUT2D eigenvalue weighted by Gasteiger charge is -2.22. The zero-order chi connectivity index (χ0) is 16.1. The number of amides is 2. The van der Waals surface area contributed by atoms with Crippen molar-refractivity contribution in [2.24, 2.45) is 0 Å². The van der Waals surface area contributed by atoms with E-state index in [9.17, 15) is 19.5 Å². The number of hydrogen-bond donors (Lipinski definition) is 1. The highest BCUT2D eigenvalue weighted by Crippen LogP contribution is 2.26. The van der Waals surface area contributed by atoms with Crippen molar-refractivity contribution < 1.29 is 24.2 Å². The number of fused-ring (bicyclic) bond motifs is 1. The van der Waals surface area contributed by atoms with Crippen LogP contribution in [0.5, 0.6) is 0 Å². The van der Waals surface area contributed by atoms with Gasteiger partial charge in [0.15, 0.2) is 0 Å². The molecule has 1 N–H and O–H groups in total. The fraction of sp³-hybridized carbons (Fsp3) is 0.312. The van der Waals surface area contributed by atoms with Gasteiger partial charge in [0.05, 0.1) is 17.7 Å². The summed E-state index contributed by atoms with van der Waals surface area (Å²) in [5.41, 5.74) is 0.503. The minimum atomic E-state index is -1.20. The lowest BCUT2D eigenvalue weighted by molar-refractivity contribution is -0.141. The molecule has 1 atom stereocenters. The summed E-state index contributed by atoms with van der Waals surface area (Å²) in [6.07, 6.45) is 2.18. The Kier molecular flexibility index (Phi) is 5.06. The van der Waals surface area contributed by atoms with E-state index in [0.29, 0.717) is 19.6 Å². The van der Waals surface area contributed by atoms with Gasteiger partial charge in [0, 0.05) is 6.61 Å². The summed E-state index contributed by atoms with van der Waals surface area (Å²) in [6.45, 7) is 4.24. The Bertz CT molecular complexity index is 575. The van der Waals surface area contributed by atoms with E-state index in [-0.39, 0.29) is 17.5 Å². The molecule has 0 bridgehead atoms. The Labute approximate surface area is 128 Å². The van der Waals surface area contributed by atoms with Gasteiger partial charge in [-0.3, -0.25) is 14.5 Å². The smallest absolute Gasteiger partial charge is 0.326 e. The molecule has 2 rings (SSSR count). The number of imide groups is 1. The van der Waals surface area contributed by atoms with Crippen molar-refractivity contribution in [3.8, 4) is 0 Å². The second kappa shape index (κ2) is 7.00. The van der Waals surface area contributed by atoms with Crippen molar-refractivity contribution in [1.29, 1.82) is 0 Å². The summed E-state index contributed by atoms with van der Waals surface area (Å²) in [4.78, 5) is 36.9. The average molecular weight is 303 g/mol. The lowest BCUT2D eigenvalue weighted by atomic mass is 10.1. The quantitative estimate of drug-likeness (QED) is 0.449. The van der Waals surface area contributed by atoms with Gasteiger partial charge in [0.1, 0.15) is 6.04 Å². The number of hydrogen-bond acceptors (Lipinski definition) is 4. The normalized spacial score (nSPS) is 14.8. The molecule has 1 aliphatic rings. The largest absolute Gasteiger partial charge is 0.480 e. The van der Waals surface area contributed by atoms with Gasteiger partial charge in [0.2, 0.25) is 0 Å². The maximum atomic E-state index is 12.3. The molecule has 0 spiro atoms. The van der Waals surface area contributed by atoms with E-state index >= 15 is 0 Å². The van der Waals surface area contributed by atoms with Crippen LogP contribution in [0.4, 0.5) is 0 Å². The number of ether oxygens (including phenoxy) is 1. The summed E-state index contributed by atoms with van der Waals surface area (Å²) in [5.74, 6) is -2.31. The van der Waals surface area contributed by atoms with Crippen molar-refractivity contribution in [3.63, 3.8) is 0 Å². The van der Waals surface area contributed by atoms with Gasteiger partial charge in [-0.25, -0.2) is 4.79 Å². The minimum Gasteiger partial charge on any atom is -0.480 e. The fourth-order valence-corrected chi connectivity index (χ4v) is 2.40. The first-order valence-electron chi connectivity index (χ1n) is 6.96. The molecule has 1 unspecified atom stereocenters. The number of carbonyl (C=O) groups is 3. The Morgan fingerprint density at radius 2 is 1.86 bits per heavy atom. The second-order valence-electron chi connectivity index (χ2n) is 4.89. The molecule has 6 nitrogen and oxygen atoms in total. The molecular weight excluding hydrogens is 286 g/mol. The zero-order valence-electron chi connectivity index (χ0n) is 12.0. The van der Waals surface area contributed by atoms with Crippen LogP contribution in [0, 0.1) is 0 Å². The molecule has 1 aliphatic heterocycles. The molecule has 0 fully saturated rings. The monoisotopic (exact) mass is 303 g/mol. The Hall–Kier alpha value is -2.47. The Morgan fingerprint density at radius 3 is 2.36 bits per heavy atom. The van der Waals surface area contributed by atoms with Gasteiger partial charge in [-0.1, -0.05) is 18.2 Å². The number of carboxylic acids is 1. The number of benzene rings is 1. The van der Waals surface area contributed by atoms with Crippen molar-refractivity contribution in [2.45, 2.75) is 18.9 Å². The van der Waals surface area contributed by atoms with Crippen molar-refractivity contribution in [3.05, 3.63) is 48.0 Å². The van der Waals surface area contributed by atoms with E-state index < -0.39 is 23.8 Å². The minimum absolute atomic E-state index is 0.151. The second-order valence-corrected chi connectivity index (χ2v) is 4.89. The van der Waals surface area contributed by atoms with Crippen LogP contribution in [0.1, 0.15) is 33.6 Å². The third-order valence-corrected chi connectivity index (χ3v) is 3.42. The number of carbonyl (C=O) groups excluding carboxylic acids is 2. The highest BCUT2D eigenvalue weighted by Gasteiger charge is 2.42. The first-order valence-corrected chi connectivity index (χ1v) is 6.96. The summed E-state index contributed by atoms with van der Waals surface area (Å²) < 4.78 is 5.19. The van der Waals surface area contributed by atoms with E-state index in [1.54, 1.807) is 18.2 Å². The van der Waals surface area contributed by atoms with Gasteiger partial charge in [-0.05, 0) is 25.0 Å². The molecule has 2 amide bonds. The molecule has 0 aromatic heterocycles. The van der Waals surface area contributed by atoms with Crippen LogP contribution in [0.2, 0.25) is 0 Å². The SMILES string of the molecule is C=CCOCCCC(C(=O)O)N1C(=O)c2ccccc2C1=O. The first-order chi connectivity index (χ1) is 10.6. The van der Waals surface area contributed by atoms with Gasteiger partial charge in [-0.15, -0.1) is 6.58 Å². The van der Waals surface area contributed by atoms with E-state index in [0.717, 1.165) is 4.90 Å². The fourth-order valence-electron chi connectivity index (χ4n) is 2.40. The summed E-state index contributed by atoms with van der Waals surface area (Å²) >= 11 is 0. The maximum absolute atomic E-state index is 12.3. The van der Waals surface area contributed by atoms with Crippen molar-refractivity contribution in [1.82, 2.24) is 4.90 Å². The van der Waals surface area contributed by atoms with Crippen LogP contribution < -0.4 is 0 Å². The lowest BCUT2D eigenvalue weighted by Crippen LogP contribution is -2.45. The van der Waals surface area contributed by atoms with Crippen LogP contribution >= 0.6 is 0 Å². The molecule has 22 heavy (non-hydrogen) atoms. The van der Waals surface area contributed by atoms with Crippen molar-refractivity contribution >= 4 is 17.8 Å². The highest BCUT2D eigenvalue weighted by atomic mass is 16.5. The van der Waals surface area contributed by atoms with Crippen molar-refractivity contribution in [2.75, 3.05) is 13.2 Å². The third kappa shape index (κ3) is 3.07. The Balaban J connectivity index is 2.10. The van der Waals surface area contributed by atoms with Crippen LogP contribution in [0.3, 0.4) is 0 Å². The van der Waals surface area contributed by atoms with Crippen LogP contribution in [-0.4, -0.2) is 47.0 Å². The number of rotatable bonds is 8. The van der Waals surface area contributed by atoms with Gasteiger partial charge < -0.3 is 9.84 Å². The predicted molar refractivity (Wildman–Crippen MR) is 78.6 cm³/mol. The van der Waals surface area contributed by atoms with Crippen LogP contribution in [0.25, 0.3) is 0 Å². The zero-order valence-corrected chi connectivity index (χ0v) is 12.0. The molecule has 116 valence electrons. The standard InChI is InChI=1S/C16H17NO5/c1-2-9-22-10-5-8-13(16(20)21)17-14(18)11-6-3-4-7-12(11)15(17)19/h2-4,6-7,13H,1,5,8-10H2,(H,20,21). The van der Waals surface area contributed by atoms with Crippen LogP contribution in [0.15, 0.2) is 36.9 Å². The molecule has 1 aromatic carbocycles. The van der Waals surface area contributed by atoms with E-state index in [4.69, 9.17) is 4.74 Å². The molecule has 6 heteroatoms. The Morgan fingerprint density at radius 1 is 1.27 bits per heavy atom. The molecular formula is C16H17NO5. The van der Waals surface area contributed by atoms with Gasteiger partial charge in [0.25, 0.3) is 11.8 Å². The topological polar surface area (TPSA) is 83.9 Å².